The molecular formula is C21H17ClN2O3. The Balaban J connectivity index is 1.85. The number of ether oxygens (including phenoxy) is 1. The molecule has 0 aliphatic carbocycles. The van der Waals surface area contributed by atoms with Gasteiger partial charge in [0.05, 0.1) is 22.6 Å². The number of benzene rings is 3. The molecule has 0 aliphatic rings. The predicted octanol–water partition coefficient (Wildman–Crippen LogP) is 4.98. The normalized spacial score (nSPS) is 10.7. The summed E-state index contributed by atoms with van der Waals surface area (Å²) in [5.74, 6) is -0.739. The second-order valence-electron chi connectivity index (χ2n) is 5.60. The minimum Gasteiger partial charge on any atom is -0.480 e. The van der Waals surface area contributed by atoms with Gasteiger partial charge in [0.1, 0.15) is 5.75 Å². The monoisotopic (exact) mass is 380 g/mol. The maximum Gasteiger partial charge on any atom is 0.341 e. The molecule has 0 heterocycles. The fourth-order valence-electron chi connectivity index (χ4n) is 2.40. The highest BCUT2D eigenvalue weighted by Crippen LogP contribution is 2.27. The second kappa shape index (κ2) is 8.87. The number of aliphatic carboxylic acids is 1. The topological polar surface area (TPSA) is 62.1 Å². The minimum atomic E-state index is -1.06. The van der Waals surface area contributed by atoms with Crippen LogP contribution in [-0.2, 0) is 4.79 Å². The number of carboxylic acid groups (broad SMARTS) is 1. The van der Waals surface area contributed by atoms with Crippen molar-refractivity contribution in [3.8, 4) is 5.75 Å². The van der Waals surface area contributed by atoms with Crippen molar-refractivity contribution in [2.75, 3.05) is 11.6 Å². The van der Waals surface area contributed by atoms with Crippen molar-refractivity contribution in [3.05, 3.63) is 89.4 Å². The van der Waals surface area contributed by atoms with Gasteiger partial charge in [0.2, 0.25) is 0 Å². The number of halogens is 1. The van der Waals surface area contributed by atoms with Crippen molar-refractivity contribution < 1.29 is 14.6 Å². The van der Waals surface area contributed by atoms with E-state index in [4.69, 9.17) is 21.4 Å². The molecule has 3 rings (SSSR count). The summed E-state index contributed by atoms with van der Waals surface area (Å²) < 4.78 is 5.13. The molecule has 0 fully saturated rings. The number of hydrazone groups is 1. The van der Waals surface area contributed by atoms with Crippen molar-refractivity contribution in [2.24, 2.45) is 5.10 Å². The van der Waals surface area contributed by atoms with E-state index in [1.54, 1.807) is 24.4 Å². The Hall–Kier alpha value is -3.31. The lowest BCUT2D eigenvalue weighted by atomic mass is 10.2. The fourth-order valence-corrected chi connectivity index (χ4v) is 2.64. The predicted molar refractivity (Wildman–Crippen MR) is 107 cm³/mol. The highest BCUT2D eigenvalue weighted by Gasteiger charge is 2.08. The van der Waals surface area contributed by atoms with Crippen LogP contribution in [0.25, 0.3) is 0 Å². The Kier molecular flexibility index (Phi) is 6.07. The van der Waals surface area contributed by atoms with Gasteiger partial charge >= 0.3 is 5.97 Å². The van der Waals surface area contributed by atoms with Crippen molar-refractivity contribution in [2.45, 2.75) is 0 Å². The molecule has 0 bridgehead atoms. The number of nitrogens with zero attached hydrogens (tertiary/aromatic N) is 2. The highest BCUT2D eigenvalue weighted by molar-refractivity contribution is 6.32. The molecule has 136 valence electrons. The van der Waals surface area contributed by atoms with E-state index in [0.29, 0.717) is 10.8 Å². The van der Waals surface area contributed by atoms with Gasteiger partial charge in [-0.2, -0.15) is 5.10 Å². The summed E-state index contributed by atoms with van der Waals surface area (Å²) in [4.78, 5) is 10.6. The zero-order chi connectivity index (χ0) is 19.1. The first-order chi connectivity index (χ1) is 13.1. The summed E-state index contributed by atoms with van der Waals surface area (Å²) in [6, 6.07) is 24.7. The first-order valence-electron chi connectivity index (χ1n) is 8.22. The van der Waals surface area contributed by atoms with Crippen molar-refractivity contribution in [1.82, 2.24) is 0 Å². The van der Waals surface area contributed by atoms with E-state index >= 15 is 0 Å². The van der Waals surface area contributed by atoms with Crippen LogP contribution in [0.3, 0.4) is 0 Å². The van der Waals surface area contributed by atoms with Gasteiger partial charge < -0.3 is 9.84 Å². The number of hydrogen-bond donors (Lipinski definition) is 1. The number of rotatable bonds is 7. The quantitative estimate of drug-likeness (QED) is 0.464. The lowest BCUT2D eigenvalue weighted by Gasteiger charge is -2.19. The third kappa shape index (κ3) is 5.09. The largest absolute Gasteiger partial charge is 0.480 e. The molecule has 27 heavy (non-hydrogen) atoms. The number of para-hydroxylation sites is 2. The smallest absolute Gasteiger partial charge is 0.341 e. The van der Waals surface area contributed by atoms with Crippen LogP contribution in [-0.4, -0.2) is 23.9 Å². The lowest BCUT2D eigenvalue weighted by Crippen LogP contribution is -2.10. The van der Waals surface area contributed by atoms with Crippen LogP contribution in [0.15, 0.2) is 84.0 Å². The summed E-state index contributed by atoms with van der Waals surface area (Å²) in [6.45, 7) is -0.442. The Morgan fingerprint density at radius 3 is 2.11 bits per heavy atom. The molecule has 1 N–H and O–H groups in total. The molecule has 3 aromatic rings. The molecule has 0 spiro atoms. The molecule has 0 unspecified atom stereocenters. The van der Waals surface area contributed by atoms with Crippen molar-refractivity contribution in [3.63, 3.8) is 0 Å². The third-order valence-corrected chi connectivity index (χ3v) is 3.93. The first kappa shape index (κ1) is 18.5. The molecule has 0 radical (unpaired) electrons. The van der Waals surface area contributed by atoms with Crippen molar-refractivity contribution in [1.29, 1.82) is 0 Å². The van der Waals surface area contributed by atoms with Crippen LogP contribution in [0.1, 0.15) is 5.56 Å². The molecule has 0 amide bonds. The Bertz CT molecular complexity index is 891. The summed E-state index contributed by atoms with van der Waals surface area (Å²) in [5.41, 5.74) is 2.61. The van der Waals surface area contributed by atoms with Crippen LogP contribution in [0.5, 0.6) is 5.75 Å². The molecule has 0 atom stereocenters. The van der Waals surface area contributed by atoms with E-state index < -0.39 is 12.6 Å². The van der Waals surface area contributed by atoms with Gasteiger partial charge in [0, 0.05) is 0 Å². The summed E-state index contributed by atoms with van der Waals surface area (Å²) in [7, 11) is 0. The van der Waals surface area contributed by atoms with E-state index in [2.05, 4.69) is 5.10 Å². The molecular weight excluding hydrogens is 364 g/mol. The molecule has 6 heteroatoms. The van der Waals surface area contributed by atoms with E-state index in [9.17, 15) is 4.79 Å². The van der Waals surface area contributed by atoms with Gasteiger partial charge in [-0.15, -0.1) is 0 Å². The van der Waals surface area contributed by atoms with Gasteiger partial charge in [-0.3, -0.25) is 0 Å². The SMILES string of the molecule is O=C(O)COc1ccc(/C=N\N(c2ccccc2)c2ccccc2)cc1Cl. The standard InChI is InChI=1S/C21H17ClN2O3/c22-19-13-16(11-12-20(19)27-15-21(25)26)14-23-24(17-7-3-1-4-8-17)18-9-5-2-6-10-18/h1-14H,15H2,(H,25,26)/b23-14-. The molecule has 3 aromatic carbocycles. The van der Waals surface area contributed by atoms with Crippen LogP contribution in [0, 0.1) is 0 Å². The molecule has 0 saturated heterocycles. The summed E-state index contributed by atoms with van der Waals surface area (Å²) in [5, 5.41) is 15.4. The maximum absolute atomic E-state index is 10.6. The van der Waals surface area contributed by atoms with Gasteiger partial charge in [0.15, 0.2) is 6.61 Å². The average Bonchev–Trinajstić information content (AvgIpc) is 2.69. The number of anilines is 2. The average molecular weight is 381 g/mol. The third-order valence-electron chi connectivity index (χ3n) is 3.63. The van der Waals surface area contributed by atoms with Gasteiger partial charge in [-0.1, -0.05) is 48.0 Å². The van der Waals surface area contributed by atoms with Gasteiger partial charge in [0.25, 0.3) is 0 Å². The van der Waals surface area contributed by atoms with E-state index in [-0.39, 0.29) is 0 Å². The lowest BCUT2D eigenvalue weighted by molar-refractivity contribution is -0.139. The molecule has 0 aliphatic heterocycles. The summed E-state index contributed by atoms with van der Waals surface area (Å²) in [6.07, 6.45) is 1.69. The number of carboxylic acids is 1. The van der Waals surface area contributed by atoms with E-state index in [0.717, 1.165) is 16.9 Å². The summed E-state index contributed by atoms with van der Waals surface area (Å²) >= 11 is 6.17. The van der Waals surface area contributed by atoms with Crippen LogP contribution >= 0.6 is 11.6 Å². The zero-order valence-corrected chi connectivity index (χ0v) is 15.1. The molecule has 0 aromatic heterocycles. The molecule has 0 saturated carbocycles. The molecule has 5 nitrogen and oxygen atoms in total. The number of hydrogen-bond acceptors (Lipinski definition) is 4. The highest BCUT2D eigenvalue weighted by atomic mass is 35.5. The van der Waals surface area contributed by atoms with Gasteiger partial charge in [-0.05, 0) is 48.0 Å². The maximum atomic E-state index is 10.6. The van der Waals surface area contributed by atoms with Crippen LogP contribution in [0.2, 0.25) is 5.02 Å². The fraction of sp³-hybridized carbons (Fsp3) is 0.0476. The Morgan fingerprint density at radius 2 is 1.59 bits per heavy atom. The minimum absolute atomic E-state index is 0.319. The number of carbonyl (C=O) groups is 1. The second-order valence-corrected chi connectivity index (χ2v) is 6.01. The van der Waals surface area contributed by atoms with Gasteiger partial charge in [-0.25, -0.2) is 9.80 Å². The van der Waals surface area contributed by atoms with Crippen molar-refractivity contribution >= 4 is 35.2 Å². The zero-order valence-electron chi connectivity index (χ0n) is 14.3. The first-order valence-corrected chi connectivity index (χ1v) is 8.59. The van der Waals surface area contributed by atoms with Crippen LogP contribution in [0.4, 0.5) is 11.4 Å². The van der Waals surface area contributed by atoms with Crippen LogP contribution < -0.4 is 9.75 Å². The Labute approximate surface area is 162 Å². The Morgan fingerprint density at radius 1 is 1.00 bits per heavy atom. The van der Waals surface area contributed by atoms with E-state index in [1.165, 1.54) is 0 Å². The van der Waals surface area contributed by atoms with E-state index in [1.807, 2.05) is 65.7 Å².